The van der Waals surface area contributed by atoms with Gasteiger partial charge in [-0.05, 0) is 44.7 Å². The number of benzene rings is 1. The second-order valence-electron chi connectivity index (χ2n) is 6.53. The molecule has 5 nitrogen and oxygen atoms in total. The molecule has 3 N–H and O–H groups in total. The average Bonchev–Trinajstić information content (AvgIpc) is 2.81. The summed E-state index contributed by atoms with van der Waals surface area (Å²) in [6.45, 7) is 6.99. The van der Waals surface area contributed by atoms with E-state index in [-0.39, 0.29) is 12.6 Å². The number of aliphatic hydroxyl groups is 1. The zero-order valence-electron chi connectivity index (χ0n) is 13.5. The van der Waals surface area contributed by atoms with Crippen molar-refractivity contribution in [2.24, 2.45) is 5.73 Å². The third-order valence-electron chi connectivity index (χ3n) is 3.45. The van der Waals surface area contributed by atoms with Crippen molar-refractivity contribution in [3.05, 3.63) is 36.0 Å². The van der Waals surface area contributed by atoms with Crippen molar-refractivity contribution in [3.8, 4) is 0 Å². The van der Waals surface area contributed by atoms with E-state index in [0.717, 1.165) is 16.5 Å². The first-order chi connectivity index (χ1) is 10.2. The van der Waals surface area contributed by atoms with Crippen LogP contribution in [0.15, 0.2) is 30.5 Å². The van der Waals surface area contributed by atoms with Crippen molar-refractivity contribution in [2.45, 2.75) is 45.4 Å². The number of aromatic nitrogens is 1. The minimum atomic E-state index is -0.781. The molecule has 0 spiro atoms. The van der Waals surface area contributed by atoms with E-state index in [9.17, 15) is 9.90 Å². The molecule has 2 rings (SSSR count). The quantitative estimate of drug-likeness (QED) is 0.851. The second-order valence-corrected chi connectivity index (χ2v) is 6.53. The zero-order chi connectivity index (χ0) is 16.5. The van der Waals surface area contributed by atoms with Crippen molar-refractivity contribution in [1.82, 2.24) is 4.57 Å². The number of esters is 1. The molecule has 0 saturated heterocycles. The van der Waals surface area contributed by atoms with Gasteiger partial charge in [0.15, 0.2) is 6.04 Å². The predicted octanol–water partition coefficient (Wildman–Crippen LogP) is 2.54. The summed E-state index contributed by atoms with van der Waals surface area (Å²) in [7, 11) is 0. The Morgan fingerprint density at radius 3 is 2.59 bits per heavy atom. The third kappa shape index (κ3) is 3.31. The summed E-state index contributed by atoms with van der Waals surface area (Å²) in [6, 6.07) is 6.79. The number of carbonyl (C=O) groups is 1. The molecule has 2 aromatic rings. The lowest BCUT2D eigenvalue weighted by Crippen LogP contribution is -2.32. The Hall–Kier alpha value is -1.85. The van der Waals surface area contributed by atoms with Crippen LogP contribution in [-0.4, -0.2) is 27.9 Å². The summed E-state index contributed by atoms with van der Waals surface area (Å²) in [5.74, 6) is -0.452. The summed E-state index contributed by atoms with van der Waals surface area (Å²) < 4.78 is 7.16. The molecular weight excluding hydrogens is 280 g/mol. The van der Waals surface area contributed by atoms with E-state index in [1.807, 2.05) is 31.2 Å². The van der Waals surface area contributed by atoms with Gasteiger partial charge in [-0.25, -0.2) is 4.79 Å². The first-order valence-electron chi connectivity index (χ1n) is 7.43. The van der Waals surface area contributed by atoms with Gasteiger partial charge in [-0.2, -0.15) is 0 Å². The molecule has 0 bridgehead atoms. The van der Waals surface area contributed by atoms with Gasteiger partial charge in [-0.3, -0.25) is 0 Å². The molecule has 1 heterocycles. The maximum Gasteiger partial charge on any atom is 0.332 e. The Morgan fingerprint density at radius 1 is 1.36 bits per heavy atom. The van der Waals surface area contributed by atoms with Crippen LogP contribution in [0.2, 0.25) is 0 Å². The molecule has 0 saturated carbocycles. The van der Waals surface area contributed by atoms with Crippen molar-refractivity contribution in [3.63, 3.8) is 0 Å². The van der Waals surface area contributed by atoms with Crippen LogP contribution >= 0.6 is 0 Å². The van der Waals surface area contributed by atoms with E-state index >= 15 is 0 Å². The number of nitrogens with zero attached hydrogens (tertiary/aromatic N) is 1. The van der Waals surface area contributed by atoms with Crippen molar-refractivity contribution in [2.75, 3.05) is 6.61 Å². The highest BCUT2D eigenvalue weighted by atomic mass is 16.6. The lowest BCUT2D eigenvalue weighted by Gasteiger charge is -2.25. The predicted molar refractivity (Wildman–Crippen MR) is 86.5 cm³/mol. The number of para-hydroxylation sites is 1. The zero-order valence-corrected chi connectivity index (χ0v) is 13.5. The molecule has 0 aliphatic heterocycles. The maximum absolute atomic E-state index is 12.4. The average molecular weight is 304 g/mol. The normalized spacial score (nSPS) is 14.8. The molecule has 5 heteroatoms. The Kier molecular flexibility index (Phi) is 4.58. The van der Waals surface area contributed by atoms with E-state index in [1.54, 1.807) is 31.5 Å². The van der Waals surface area contributed by atoms with Crippen LogP contribution in [0.4, 0.5) is 0 Å². The highest BCUT2D eigenvalue weighted by molar-refractivity contribution is 5.86. The van der Waals surface area contributed by atoms with Crippen molar-refractivity contribution >= 4 is 16.9 Å². The molecule has 22 heavy (non-hydrogen) atoms. The minimum absolute atomic E-state index is 0.171. The monoisotopic (exact) mass is 304 g/mol. The van der Waals surface area contributed by atoms with E-state index in [0.29, 0.717) is 0 Å². The lowest BCUT2D eigenvalue weighted by atomic mass is 10.1. The van der Waals surface area contributed by atoms with Crippen LogP contribution in [0.3, 0.4) is 0 Å². The number of carbonyl (C=O) groups excluding carboxylic acids is 1. The number of rotatable bonds is 4. The number of aliphatic hydroxyl groups excluding tert-OH is 1. The highest BCUT2D eigenvalue weighted by Crippen LogP contribution is 2.28. The molecular formula is C17H24N2O3. The molecule has 0 aliphatic rings. The minimum Gasteiger partial charge on any atom is -0.458 e. The van der Waals surface area contributed by atoms with Crippen LogP contribution in [-0.2, 0) is 9.53 Å². The molecule has 1 aromatic heterocycles. The number of fused-ring (bicyclic) bond motifs is 1. The van der Waals surface area contributed by atoms with Crippen molar-refractivity contribution < 1.29 is 14.6 Å². The fourth-order valence-electron chi connectivity index (χ4n) is 2.52. The lowest BCUT2D eigenvalue weighted by molar-refractivity contribution is -0.160. The molecule has 0 fully saturated rings. The van der Waals surface area contributed by atoms with E-state index in [1.165, 1.54) is 0 Å². The van der Waals surface area contributed by atoms with E-state index in [4.69, 9.17) is 10.5 Å². The van der Waals surface area contributed by atoms with Gasteiger partial charge in [0.05, 0.1) is 12.1 Å². The first-order valence-corrected chi connectivity index (χ1v) is 7.43. The van der Waals surface area contributed by atoms with E-state index in [2.05, 4.69) is 0 Å². The first kappa shape index (κ1) is 16.5. The van der Waals surface area contributed by atoms with Crippen molar-refractivity contribution in [1.29, 1.82) is 0 Å². The van der Waals surface area contributed by atoms with E-state index < -0.39 is 17.6 Å². The summed E-state index contributed by atoms with van der Waals surface area (Å²) in [4.78, 5) is 12.4. The summed E-state index contributed by atoms with van der Waals surface area (Å²) in [5, 5.41) is 10.7. The Balaban J connectivity index is 2.50. The number of ether oxygens (including phenoxy) is 1. The van der Waals surface area contributed by atoms with Gasteiger partial charge in [0, 0.05) is 12.2 Å². The Bertz CT molecular complexity index is 668. The third-order valence-corrected chi connectivity index (χ3v) is 3.45. The molecule has 0 amide bonds. The fraction of sp³-hybridized carbons (Fsp3) is 0.471. The standard InChI is InChI=1S/C17H24N2O3/c1-11(18)13-7-5-6-12-8-9-19(15(12)13)14(10-20)16(21)22-17(2,3)4/h5-9,11,14,20H,10,18H2,1-4H3. The van der Waals surface area contributed by atoms with Crippen LogP contribution in [0.1, 0.15) is 45.3 Å². The van der Waals surface area contributed by atoms with Gasteiger partial charge in [0.2, 0.25) is 0 Å². The number of hydrogen-bond donors (Lipinski definition) is 2. The summed E-state index contributed by atoms with van der Waals surface area (Å²) in [5.41, 5.74) is 7.23. The summed E-state index contributed by atoms with van der Waals surface area (Å²) >= 11 is 0. The molecule has 1 aromatic carbocycles. The number of hydrogen-bond acceptors (Lipinski definition) is 4. The van der Waals surface area contributed by atoms with Gasteiger partial charge < -0.3 is 20.1 Å². The van der Waals surface area contributed by atoms with Crippen LogP contribution in [0.5, 0.6) is 0 Å². The van der Waals surface area contributed by atoms with Gasteiger partial charge >= 0.3 is 5.97 Å². The van der Waals surface area contributed by atoms with Gasteiger partial charge in [0.1, 0.15) is 5.60 Å². The number of nitrogens with two attached hydrogens (primary N) is 1. The molecule has 120 valence electrons. The van der Waals surface area contributed by atoms with Gasteiger partial charge in [-0.15, -0.1) is 0 Å². The van der Waals surface area contributed by atoms with Crippen LogP contribution < -0.4 is 5.73 Å². The Morgan fingerprint density at radius 2 is 2.05 bits per heavy atom. The molecule has 0 radical (unpaired) electrons. The molecule has 2 atom stereocenters. The summed E-state index contributed by atoms with van der Waals surface area (Å²) in [6.07, 6.45) is 1.79. The highest BCUT2D eigenvalue weighted by Gasteiger charge is 2.27. The second kappa shape index (κ2) is 6.10. The van der Waals surface area contributed by atoms with Gasteiger partial charge in [0.25, 0.3) is 0 Å². The van der Waals surface area contributed by atoms with Crippen LogP contribution in [0, 0.1) is 0 Å². The smallest absolute Gasteiger partial charge is 0.332 e. The largest absolute Gasteiger partial charge is 0.458 e. The fourth-order valence-corrected chi connectivity index (χ4v) is 2.52. The maximum atomic E-state index is 12.4. The molecule has 0 aliphatic carbocycles. The topological polar surface area (TPSA) is 77.5 Å². The Labute approximate surface area is 130 Å². The van der Waals surface area contributed by atoms with Crippen LogP contribution in [0.25, 0.3) is 10.9 Å². The van der Waals surface area contributed by atoms with Gasteiger partial charge in [-0.1, -0.05) is 18.2 Å². The molecule has 2 unspecified atom stereocenters. The SMILES string of the molecule is CC(N)c1cccc2ccn(C(CO)C(=O)OC(C)(C)C)c12.